The van der Waals surface area contributed by atoms with Crippen LogP contribution >= 0.6 is 0 Å². The molecule has 32 nitrogen and oxygen atoms in total. The summed E-state index contributed by atoms with van der Waals surface area (Å²) < 4.78 is 24.5. The fraction of sp³-hybridized carbons (Fsp3) is 0.518. The maximum Gasteiger partial charge on any atom is 0.231 e. The zero-order valence-electron chi connectivity index (χ0n) is 85.6. The van der Waals surface area contributed by atoms with Crippen LogP contribution in [0.4, 0.5) is 35.7 Å². The number of nitrogens with zero attached hydrogens (tertiary/aromatic N) is 18. The topological polar surface area (TPSA) is 377 Å². The molecule has 0 spiro atoms. The van der Waals surface area contributed by atoms with Gasteiger partial charge in [-0.1, -0.05) is 93.8 Å². The standard InChI is InChI=1S/2C20H28N4O2.2C19H20N4O.C18H24N4O.C16H22N4O/c1-13-9-10-16-18(21-13)24(14-6-4-7-14)19(22-16)23-17(25)12-15-8-5-11-20(2,3)26-15;1-13-7-8-16-18(21-13)24(15-5-4-6-15)19(22-16)23-17(25)11-14-9-10-26-20(2,3)12-14;1-13-7-9-14(10-8-13)12-17(24)22-19-21-16-6-3-11-20-18(16)23(19)15-4-2-5-15;24-17(12-11-14-6-2-1-3-7-14)22-19-21-16-10-5-13-20-18(16)23(19)15-8-4-9-15;1-12-9-10-15-17(19-12)22(14-7-4-8-14)18(20-15)21-16(23)11-13-5-2-3-6-13;1-16(2,3)10-13(21)19-15-18-12-8-5-9-17-14(12)20(15)11-6-4-7-11/h9-10,14-15H,4-8,11-12H2,1-3H3,(H,22,23,25);7-8,14-15H,4-6,9-12H2,1-3H3,(H,22,23,25);3,6-11,15H,2,4-5,12H2,1H3,(H,21,22,24);1-3,5-7,10,13,15H,4,8-9,11-12H2,(H,21,22,24);9-10,13-14H,2-8,11H2,1H3,(H,20,21,23);5,8-9,11H,4,6-7,10H2,1-3H3,(H,18,19,21). The highest BCUT2D eigenvalue weighted by molar-refractivity contribution is 5.96. The number of aryl methyl sites for hydroxylation is 5. The molecule has 7 saturated carbocycles. The molecule has 2 saturated heterocycles. The number of rotatable bonds is 24. The van der Waals surface area contributed by atoms with Crippen molar-refractivity contribution in [1.82, 2.24) is 87.2 Å². The van der Waals surface area contributed by atoms with E-state index in [-0.39, 0.29) is 58.2 Å². The molecule has 12 aromatic heterocycles. The first-order valence-electron chi connectivity index (χ1n) is 52.7. The summed E-state index contributed by atoms with van der Waals surface area (Å²) in [5, 5.41) is 18.1. The number of imidazole rings is 6. The Morgan fingerprint density at radius 1 is 0.340 bits per heavy atom. The largest absolute Gasteiger partial charge is 0.376 e. The molecule has 23 rings (SSSR count). The summed E-state index contributed by atoms with van der Waals surface area (Å²) in [6.45, 7) is 23.3. The average Bonchev–Trinajstić information content (AvgIpc) is 1.66. The van der Waals surface area contributed by atoms with Gasteiger partial charge in [-0.3, -0.25) is 88.1 Å². The Hall–Kier alpha value is -13.1. The number of fused-ring (bicyclic) bond motifs is 6. The summed E-state index contributed by atoms with van der Waals surface area (Å²) in [5.41, 5.74) is 16.3. The fourth-order valence-corrected chi connectivity index (χ4v) is 20.7. The number of pyridine rings is 6. The van der Waals surface area contributed by atoms with Crippen molar-refractivity contribution in [1.29, 1.82) is 0 Å². The first-order valence-corrected chi connectivity index (χ1v) is 52.7. The van der Waals surface area contributed by atoms with Crippen LogP contribution < -0.4 is 31.9 Å². The molecular weight excluding hydrogens is 1810 g/mol. The number of benzene rings is 2. The molecule has 0 bridgehead atoms. The van der Waals surface area contributed by atoms with Gasteiger partial charge in [0, 0.05) is 104 Å². The average molecular weight is 1950 g/mol. The number of anilines is 6. The number of carbonyl (C=O) groups excluding carboxylic acids is 6. The number of hydrogen-bond donors (Lipinski definition) is 6. The highest BCUT2D eigenvalue weighted by Crippen LogP contribution is 2.45. The Balaban J connectivity index is 0.000000114. The van der Waals surface area contributed by atoms with Crippen LogP contribution in [0, 0.1) is 44.9 Å². The van der Waals surface area contributed by atoms with E-state index in [2.05, 4.69) is 168 Å². The molecule has 9 fully saturated rings. The third-order valence-corrected chi connectivity index (χ3v) is 29.6. The van der Waals surface area contributed by atoms with Gasteiger partial charge in [0.15, 0.2) is 33.9 Å². The second-order valence-electron chi connectivity index (χ2n) is 43.6. The first kappa shape index (κ1) is 101. The Labute approximate surface area is 842 Å². The Bertz CT molecular complexity index is 6730. The van der Waals surface area contributed by atoms with Gasteiger partial charge in [0.1, 0.15) is 33.1 Å². The lowest BCUT2D eigenvalue weighted by Gasteiger charge is -2.35. The van der Waals surface area contributed by atoms with Gasteiger partial charge < -0.3 is 9.47 Å². The molecule has 9 aliphatic rings. The van der Waals surface area contributed by atoms with Crippen LogP contribution in [-0.2, 0) is 51.1 Å². The van der Waals surface area contributed by atoms with E-state index in [1.54, 1.807) is 18.6 Å². The van der Waals surface area contributed by atoms with E-state index < -0.39 is 0 Å². The summed E-state index contributed by atoms with van der Waals surface area (Å²) in [7, 11) is 0. The summed E-state index contributed by atoms with van der Waals surface area (Å²) in [4.78, 5) is 130. The minimum absolute atomic E-state index is 0.00488. The smallest absolute Gasteiger partial charge is 0.231 e. The molecule has 2 atom stereocenters. The van der Waals surface area contributed by atoms with Crippen molar-refractivity contribution in [3.63, 3.8) is 0 Å². The molecule has 32 heteroatoms. The molecule has 2 aromatic carbocycles. The molecule has 14 heterocycles. The van der Waals surface area contributed by atoms with Crippen LogP contribution in [0.15, 0.2) is 146 Å². The molecule has 6 N–H and O–H groups in total. The van der Waals surface area contributed by atoms with Gasteiger partial charge >= 0.3 is 0 Å². The van der Waals surface area contributed by atoms with Crippen molar-refractivity contribution >= 4 is 138 Å². The Morgan fingerprint density at radius 2 is 0.701 bits per heavy atom. The lowest BCUT2D eigenvalue weighted by Crippen LogP contribution is -2.37. The Morgan fingerprint density at radius 3 is 1.08 bits per heavy atom. The van der Waals surface area contributed by atoms with E-state index in [4.69, 9.17) is 9.47 Å². The normalized spacial score (nSPS) is 18.5. The van der Waals surface area contributed by atoms with Gasteiger partial charge in [-0.15, -0.1) is 0 Å². The van der Waals surface area contributed by atoms with Crippen molar-refractivity contribution in [2.24, 2.45) is 17.3 Å². The fourth-order valence-electron chi connectivity index (χ4n) is 20.7. The third kappa shape index (κ3) is 25.1. The molecule has 144 heavy (non-hydrogen) atoms. The maximum atomic E-state index is 12.7. The van der Waals surface area contributed by atoms with E-state index in [0.717, 1.165) is 212 Å². The van der Waals surface area contributed by atoms with E-state index in [1.807, 2.05) is 155 Å². The number of aromatic nitrogens is 18. The summed E-state index contributed by atoms with van der Waals surface area (Å²) >= 11 is 0. The van der Waals surface area contributed by atoms with Crippen LogP contribution in [0.25, 0.3) is 67.0 Å². The minimum atomic E-state index is -0.135. The van der Waals surface area contributed by atoms with Crippen LogP contribution in [0.2, 0.25) is 0 Å². The molecule has 6 amide bonds. The second kappa shape index (κ2) is 45.0. The Kier molecular flexibility index (Phi) is 31.6. The predicted octanol–water partition coefficient (Wildman–Crippen LogP) is 23.0. The van der Waals surface area contributed by atoms with Crippen LogP contribution in [0.3, 0.4) is 0 Å². The SMILES string of the molecule is CC(C)(C)CC(=O)Nc1nc2cccnc2n1C1CCC1.Cc1ccc(CC(=O)Nc2nc3cccnc3n2C2CCC2)cc1.Cc1ccc2nc(NC(=O)CC3CCCC(C)(C)O3)n(C3CCC3)c2n1.Cc1ccc2nc(NC(=O)CC3CCCC3)n(C3CCC3)c2n1.Cc1ccc2nc(NC(=O)CC3CCOC(C)(C)C3)n(C3CCC3)c2n1.O=C(CCc1ccccc1)Nc1nc2cccnc2n1C1CCC1. The molecule has 14 aromatic rings. The quantitative estimate of drug-likeness (QED) is 0.0327. The zero-order valence-corrected chi connectivity index (χ0v) is 85.6. The van der Waals surface area contributed by atoms with Crippen molar-refractivity contribution < 1.29 is 38.2 Å². The molecule has 7 aliphatic carbocycles. The van der Waals surface area contributed by atoms with Crippen molar-refractivity contribution in [3.8, 4) is 0 Å². The van der Waals surface area contributed by atoms with Crippen molar-refractivity contribution in [2.75, 3.05) is 38.5 Å². The van der Waals surface area contributed by atoms with Crippen molar-refractivity contribution in [3.05, 3.63) is 180 Å². The van der Waals surface area contributed by atoms with E-state index in [1.165, 1.54) is 75.3 Å². The molecule has 0 radical (unpaired) electrons. The molecule has 758 valence electrons. The van der Waals surface area contributed by atoms with Crippen LogP contribution in [0.1, 0.15) is 324 Å². The minimum Gasteiger partial charge on any atom is -0.376 e. The third-order valence-electron chi connectivity index (χ3n) is 29.6. The predicted molar refractivity (Wildman–Crippen MR) is 564 cm³/mol. The number of hydrogen-bond acceptors (Lipinski definition) is 20. The van der Waals surface area contributed by atoms with Gasteiger partial charge in [-0.25, -0.2) is 59.8 Å². The monoisotopic (exact) mass is 1950 g/mol. The number of amides is 6. The second-order valence-corrected chi connectivity index (χ2v) is 43.6. The highest BCUT2D eigenvalue weighted by Gasteiger charge is 2.37. The van der Waals surface area contributed by atoms with Crippen LogP contribution in [-0.4, -0.2) is 147 Å². The lowest BCUT2D eigenvalue weighted by molar-refractivity contribution is -0.131. The summed E-state index contributed by atoms with van der Waals surface area (Å²) in [6, 6.07) is 43.8. The van der Waals surface area contributed by atoms with Gasteiger partial charge in [-0.2, -0.15) is 0 Å². The van der Waals surface area contributed by atoms with E-state index >= 15 is 0 Å². The van der Waals surface area contributed by atoms with Gasteiger partial charge in [-0.05, 0) is 324 Å². The lowest BCUT2D eigenvalue weighted by atomic mass is 9.86. The number of nitrogens with one attached hydrogen (secondary N) is 6. The van der Waals surface area contributed by atoms with Gasteiger partial charge in [0.2, 0.25) is 71.1 Å². The van der Waals surface area contributed by atoms with E-state index in [9.17, 15) is 28.8 Å². The molecular formula is C112H142N24O8. The first-order chi connectivity index (χ1) is 69.5. The highest BCUT2D eigenvalue weighted by atomic mass is 16.5. The molecule has 2 aliphatic heterocycles. The number of ether oxygens (including phenoxy) is 2. The summed E-state index contributed by atoms with van der Waals surface area (Å²) in [6.07, 6.45) is 39.6. The number of carbonyl (C=O) groups is 6. The van der Waals surface area contributed by atoms with Gasteiger partial charge in [0.25, 0.3) is 0 Å². The van der Waals surface area contributed by atoms with Gasteiger partial charge in [0.05, 0.1) is 30.1 Å². The maximum absolute atomic E-state index is 12.7. The summed E-state index contributed by atoms with van der Waals surface area (Å²) in [5.74, 6) is 4.85. The van der Waals surface area contributed by atoms with E-state index in [0.29, 0.717) is 122 Å². The van der Waals surface area contributed by atoms with Crippen LogP contribution in [0.5, 0.6) is 0 Å². The van der Waals surface area contributed by atoms with Crippen molar-refractivity contribution in [2.45, 2.75) is 348 Å². The molecule has 2 unspecified atom stereocenters. The zero-order chi connectivity index (χ0) is 100.